The number of rotatable bonds is 3. The Labute approximate surface area is 253 Å². The maximum absolute atomic E-state index is 13.7. The molecule has 226 valence electrons. The number of benzene rings is 1. The van der Waals surface area contributed by atoms with Gasteiger partial charge in [-0.1, -0.05) is 30.2 Å². The second-order valence-electron chi connectivity index (χ2n) is 10.6. The van der Waals surface area contributed by atoms with Gasteiger partial charge < -0.3 is 5.32 Å². The molecule has 2 atom stereocenters. The highest BCUT2D eigenvalue weighted by molar-refractivity contribution is 6.31. The number of aryl methyl sites for hydroxylation is 1. The van der Waals surface area contributed by atoms with Crippen LogP contribution in [0.5, 0.6) is 0 Å². The van der Waals surface area contributed by atoms with Crippen LogP contribution in [0.4, 0.5) is 19.0 Å². The first-order valence-corrected chi connectivity index (χ1v) is 14.0. The van der Waals surface area contributed by atoms with Gasteiger partial charge in [-0.05, 0) is 48.7 Å². The van der Waals surface area contributed by atoms with E-state index in [0.717, 1.165) is 16.4 Å². The predicted octanol–water partition coefficient (Wildman–Crippen LogP) is 5.31. The number of nitrogens with one attached hydrogen (secondary N) is 1. The lowest BCUT2D eigenvalue weighted by molar-refractivity contribution is -0.141. The van der Waals surface area contributed by atoms with Crippen molar-refractivity contribution in [3.63, 3.8) is 0 Å². The van der Waals surface area contributed by atoms with Gasteiger partial charge in [-0.3, -0.25) is 23.8 Å². The smallest absolute Gasteiger partial charge is 0.310 e. The molecule has 0 fully saturated rings. The van der Waals surface area contributed by atoms with Crippen LogP contribution in [0.25, 0.3) is 28.1 Å². The highest BCUT2D eigenvalue weighted by Gasteiger charge is 2.35. The summed E-state index contributed by atoms with van der Waals surface area (Å²) in [6.45, 7) is 1.85. The summed E-state index contributed by atoms with van der Waals surface area (Å²) in [4.78, 5) is 35.7. The zero-order chi connectivity index (χ0) is 31.2. The summed E-state index contributed by atoms with van der Waals surface area (Å²) < 4.78 is 43.6. The van der Waals surface area contributed by atoms with Gasteiger partial charge in [0.1, 0.15) is 5.82 Å². The molecule has 1 amide bonds. The van der Waals surface area contributed by atoms with Gasteiger partial charge in [0.25, 0.3) is 5.56 Å². The second kappa shape index (κ2) is 11.3. The molecule has 15 heteroatoms. The van der Waals surface area contributed by atoms with Crippen molar-refractivity contribution >= 4 is 23.3 Å². The Hall–Kier alpha value is -4.85. The summed E-state index contributed by atoms with van der Waals surface area (Å²) >= 11 is 6.23. The Balaban J connectivity index is 1.42. The van der Waals surface area contributed by atoms with Gasteiger partial charge in [-0.15, -0.1) is 5.10 Å². The molecule has 1 aromatic carbocycles. The van der Waals surface area contributed by atoms with Crippen molar-refractivity contribution < 1.29 is 18.0 Å². The van der Waals surface area contributed by atoms with E-state index >= 15 is 0 Å². The number of fused-ring (bicyclic) bond motifs is 4. The molecular weight excluding hydrogens is 599 g/mol. The minimum atomic E-state index is -4.68. The van der Waals surface area contributed by atoms with Gasteiger partial charge >= 0.3 is 6.18 Å². The third-order valence-corrected chi connectivity index (χ3v) is 7.85. The predicted molar refractivity (Wildman–Crippen MR) is 155 cm³/mol. The monoisotopic (exact) mass is 623 g/mol. The summed E-state index contributed by atoms with van der Waals surface area (Å²) in [5, 5.41) is 14.5. The summed E-state index contributed by atoms with van der Waals surface area (Å²) in [6.07, 6.45) is 2.46. The highest BCUT2D eigenvalue weighted by atomic mass is 35.5. The minimum Gasteiger partial charge on any atom is -0.310 e. The number of pyridine rings is 1. The Morgan fingerprint density at radius 3 is 2.61 bits per heavy atom. The molecule has 1 aliphatic rings. The number of aromatic nitrogens is 8. The van der Waals surface area contributed by atoms with Crippen LogP contribution in [-0.4, -0.2) is 45.2 Å². The quantitative estimate of drug-likeness (QED) is 0.289. The summed E-state index contributed by atoms with van der Waals surface area (Å²) in [5.74, 6) is 0.139. The van der Waals surface area contributed by atoms with Crippen molar-refractivity contribution in [1.29, 1.82) is 0 Å². The van der Waals surface area contributed by atoms with Crippen molar-refractivity contribution in [3.05, 3.63) is 88.1 Å². The normalized spacial score (nSPS) is 17.4. The van der Waals surface area contributed by atoms with E-state index in [-0.39, 0.29) is 23.2 Å². The topological polar surface area (TPSA) is 125 Å². The maximum atomic E-state index is 13.7. The molecule has 0 spiro atoms. The van der Waals surface area contributed by atoms with E-state index in [1.54, 1.807) is 24.1 Å². The first kappa shape index (κ1) is 29.2. The van der Waals surface area contributed by atoms with Crippen molar-refractivity contribution in [2.45, 2.75) is 38.4 Å². The highest BCUT2D eigenvalue weighted by Crippen LogP contribution is 2.34. The van der Waals surface area contributed by atoms with E-state index in [1.807, 2.05) is 19.1 Å². The van der Waals surface area contributed by atoms with E-state index in [2.05, 4.69) is 30.7 Å². The summed E-state index contributed by atoms with van der Waals surface area (Å²) in [7, 11) is 1.75. The standard InChI is InChI=1S/C29H25ClF3N9O2/c1-16-4-3-5-24(22-10-17(8-9-34-22)20-13-36-40(2)27(20)37-28(16)44)41-15-35-21(12-26(41)43)19-11-18(30)6-7-23(19)42-14-25(38-39-42)29(31,32)33/h6-16,24H,3-5H2,1-2H3,(H,37,44). The van der Waals surface area contributed by atoms with E-state index in [9.17, 15) is 22.8 Å². The first-order valence-electron chi connectivity index (χ1n) is 13.7. The molecule has 0 saturated heterocycles. The summed E-state index contributed by atoms with van der Waals surface area (Å²) in [6, 6.07) is 8.92. The van der Waals surface area contributed by atoms with Crippen LogP contribution in [-0.2, 0) is 18.0 Å². The number of carbonyl (C=O) groups is 1. The molecule has 5 aromatic rings. The molecule has 2 bridgehead atoms. The van der Waals surface area contributed by atoms with Crippen LogP contribution in [0, 0.1) is 5.92 Å². The second-order valence-corrected chi connectivity index (χ2v) is 11.0. The number of anilines is 1. The van der Waals surface area contributed by atoms with Crippen molar-refractivity contribution in [2.24, 2.45) is 13.0 Å². The molecule has 1 N–H and O–H groups in total. The largest absolute Gasteiger partial charge is 0.436 e. The zero-order valence-corrected chi connectivity index (χ0v) is 24.2. The fraction of sp³-hybridized carbons (Fsp3) is 0.276. The van der Waals surface area contributed by atoms with Crippen molar-refractivity contribution in [2.75, 3.05) is 5.32 Å². The number of nitrogens with zero attached hydrogens (tertiary/aromatic N) is 8. The van der Waals surface area contributed by atoms with Gasteiger partial charge in [0, 0.05) is 41.4 Å². The Morgan fingerprint density at radius 2 is 1.86 bits per heavy atom. The van der Waals surface area contributed by atoms with Gasteiger partial charge in [0.2, 0.25) is 5.91 Å². The number of hydrogen-bond acceptors (Lipinski definition) is 7. The number of alkyl halides is 3. The van der Waals surface area contributed by atoms with Crippen LogP contribution < -0.4 is 10.9 Å². The van der Waals surface area contributed by atoms with Crippen LogP contribution >= 0.6 is 11.6 Å². The van der Waals surface area contributed by atoms with E-state index in [4.69, 9.17) is 11.6 Å². The lowest BCUT2D eigenvalue weighted by Gasteiger charge is -2.22. The SMILES string of the molecule is CC1CCCC(n2cnc(-c3cc(Cl)ccc3-n3cc(C(F)(F)F)nn3)cc2=O)c2cc(ccn2)-c2cnn(C)c2NC1=O. The lowest BCUT2D eigenvalue weighted by Crippen LogP contribution is -2.27. The van der Waals surface area contributed by atoms with E-state index < -0.39 is 23.5 Å². The molecular formula is C29H25ClF3N9O2. The summed E-state index contributed by atoms with van der Waals surface area (Å²) in [5.41, 5.74) is 1.23. The van der Waals surface area contributed by atoms with Gasteiger partial charge in [0.05, 0.1) is 41.8 Å². The fourth-order valence-electron chi connectivity index (χ4n) is 5.23. The molecule has 0 radical (unpaired) electrons. The van der Waals surface area contributed by atoms with Gasteiger partial charge in [-0.25, -0.2) is 9.67 Å². The molecule has 6 rings (SSSR count). The molecule has 2 unspecified atom stereocenters. The molecule has 1 aliphatic heterocycles. The average Bonchev–Trinajstić information content (AvgIpc) is 3.63. The molecule has 5 heterocycles. The van der Waals surface area contributed by atoms with Crippen molar-refractivity contribution in [3.8, 4) is 28.1 Å². The zero-order valence-electron chi connectivity index (χ0n) is 23.5. The van der Waals surface area contributed by atoms with Crippen LogP contribution in [0.1, 0.15) is 43.6 Å². The number of carbonyl (C=O) groups excluding carboxylic acids is 1. The Kier molecular flexibility index (Phi) is 7.53. The maximum Gasteiger partial charge on any atom is 0.436 e. The average molecular weight is 624 g/mol. The third kappa shape index (κ3) is 5.60. The molecule has 4 aromatic heterocycles. The number of amides is 1. The molecule has 44 heavy (non-hydrogen) atoms. The molecule has 0 aliphatic carbocycles. The number of hydrogen-bond donors (Lipinski definition) is 1. The van der Waals surface area contributed by atoms with Crippen molar-refractivity contribution in [1.82, 2.24) is 39.3 Å². The molecule has 11 nitrogen and oxygen atoms in total. The third-order valence-electron chi connectivity index (χ3n) is 7.61. The van der Waals surface area contributed by atoms with Crippen LogP contribution in [0.15, 0.2) is 66.1 Å². The first-order chi connectivity index (χ1) is 21.0. The minimum absolute atomic E-state index is 0.128. The van der Waals surface area contributed by atoms with Gasteiger partial charge in [0.15, 0.2) is 5.69 Å². The Morgan fingerprint density at radius 1 is 1.05 bits per heavy atom. The van der Waals surface area contributed by atoms with Crippen LogP contribution in [0.2, 0.25) is 5.02 Å². The van der Waals surface area contributed by atoms with E-state index in [0.29, 0.717) is 46.9 Å². The van der Waals surface area contributed by atoms with E-state index in [1.165, 1.54) is 35.2 Å². The fourth-order valence-corrected chi connectivity index (χ4v) is 5.40. The lowest BCUT2D eigenvalue weighted by atomic mass is 9.96. The molecule has 0 saturated carbocycles. The van der Waals surface area contributed by atoms with Crippen LogP contribution in [0.3, 0.4) is 0 Å². The number of halogens is 4. The Bertz CT molecular complexity index is 1930. The van der Waals surface area contributed by atoms with Gasteiger partial charge in [-0.2, -0.15) is 18.3 Å².